The van der Waals surface area contributed by atoms with Crippen LogP contribution in [-0.2, 0) is 13.5 Å². The Morgan fingerprint density at radius 1 is 1.44 bits per heavy atom. The number of aromatic nitrogens is 2. The largest absolute Gasteiger partial charge is 0.330 e. The Kier molecular flexibility index (Phi) is 2.66. The first-order chi connectivity index (χ1) is 7.63. The summed E-state index contributed by atoms with van der Waals surface area (Å²) >= 11 is 0. The maximum Gasteiger partial charge on any atom is 0.123 e. The lowest BCUT2D eigenvalue weighted by Gasteiger charge is -2.05. The van der Waals surface area contributed by atoms with Gasteiger partial charge in [-0.25, -0.2) is 4.98 Å². The molecule has 0 saturated heterocycles. The Hall–Kier alpha value is -1.82. The van der Waals surface area contributed by atoms with Gasteiger partial charge in [0.15, 0.2) is 0 Å². The average molecular weight is 213 g/mol. The van der Waals surface area contributed by atoms with Crippen LogP contribution in [0.1, 0.15) is 31.2 Å². The van der Waals surface area contributed by atoms with Crippen molar-refractivity contribution in [2.75, 3.05) is 0 Å². The molecule has 82 valence electrons. The topological polar surface area (TPSA) is 41.6 Å². The molecule has 0 spiro atoms. The van der Waals surface area contributed by atoms with Crippen LogP contribution in [-0.4, -0.2) is 9.55 Å². The quantitative estimate of drug-likeness (QED) is 0.769. The molecular weight excluding hydrogens is 198 g/mol. The highest BCUT2D eigenvalue weighted by molar-refractivity contribution is 5.77. The number of hydrogen-bond donors (Lipinski definition) is 0. The van der Waals surface area contributed by atoms with E-state index < -0.39 is 0 Å². The van der Waals surface area contributed by atoms with E-state index in [-0.39, 0.29) is 0 Å². The predicted molar refractivity (Wildman–Crippen MR) is 64.1 cm³/mol. The van der Waals surface area contributed by atoms with E-state index in [1.807, 2.05) is 17.7 Å². The van der Waals surface area contributed by atoms with Crippen LogP contribution in [0.25, 0.3) is 11.0 Å². The number of aryl methyl sites for hydroxylation is 1. The monoisotopic (exact) mass is 213 g/mol. The number of nitriles is 1. The van der Waals surface area contributed by atoms with Crippen molar-refractivity contribution >= 4 is 11.0 Å². The summed E-state index contributed by atoms with van der Waals surface area (Å²) in [6, 6.07) is 8.44. The third kappa shape index (κ3) is 1.67. The second-order valence-corrected chi connectivity index (χ2v) is 4.32. The Balaban J connectivity index is 2.60. The van der Waals surface area contributed by atoms with Crippen molar-refractivity contribution in [3.63, 3.8) is 0 Å². The van der Waals surface area contributed by atoms with Crippen molar-refractivity contribution < 1.29 is 0 Å². The molecule has 0 saturated carbocycles. The van der Waals surface area contributed by atoms with Crippen LogP contribution in [0.3, 0.4) is 0 Å². The van der Waals surface area contributed by atoms with E-state index in [4.69, 9.17) is 5.26 Å². The van der Waals surface area contributed by atoms with Gasteiger partial charge in [-0.05, 0) is 23.6 Å². The number of imidazole rings is 1. The van der Waals surface area contributed by atoms with Gasteiger partial charge in [-0.2, -0.15) is 5.26 Å². The molecule has 0 bridgehead atoms. The minimum Gasteiger partial charge on any atom is -0.330 e. The zero-order chi connectivity index (χ0) is 11.7. The number of rotatable bonds is 2. The fourth-order valence-corrected chi connectivity index (χ4v) is 1.84. The van der Waals surface area contributed by atoms with Crippen LogP contribution in [0.2, 0.25) is 0 Å². The Morgan fingerprint density at radius 2 is 2.19 bits per heavy atom. The minimum atomic E-state index is 0.363. The average Bonchev–Trinajstić information content (AvgIpc) is 2.56. The summed E-state index contributed by atoms with van der Waals surface area (Å²) in [5.41, 5.74) is 3.38. The predicted octanol–water partition coefficient (Wildman–Crippen LogP) is 2.76. The molecule has 0 radical (unpaired) electrons. The first kappa shape index (κ1) is 10.7. The lowest BCUT2D eigenvalue weighted by atomic mass is 10.0. The Morgan fingerprint density at radius 3 is 2.81 bits per heavy atom. The molecule has 0 unspecified atom stereocenters. The number of benzene rings is 1. The molecule has 3 heteroatoms. The van der Waals surface area contributed by atoms with E-state index >= 15 is 0 Å². The Bertz CT molecular complexity index is 558. The van der Waals surface area contributed by atoms with Gasteiger partial charge in [-0.3, -0.25) is 0 Å². The van der Waals surface area contributed by atoms with E-state index in [9.17, 15) is 0 Å². The van der Waals surface area contributed by atoms with Gasteiger partial charge in [0, 0.05) is 7.05 Å². The van der Waals surface area contributed by atoms with Crippen molar-refractivity contribution in [1.29, 1.82) is 5.26 Å². The van der Waals surface area contributed by atoms with Gasteiger partial charge < -0.3 is 4.57 Å². The summed E-state index contributed by atoms with van der Waals surface area (Å²) in [4.78, 5) is 4.44. The van der Waals surface area contributed by atoms with Crippen LogP contribution in [0.5, 0.6) is 0 Å². The second kappa shape index (κ2) is 3.97. The lowest BCUT2D eigenvalue weighted by Crippen LogP contribution is -1.96. The number of hydrogen-bond acceptors (Lipinski definition) is 2. The summed E-state index contributed by atoms with van der Waals surface area (Å²) in [5, 5.41) is 8.71. The molecule has 1 heterocycles. The van der Waals surface area contributed by atoms with Gasteiger partial charge in [-0.15, -0.1) is 0 Å². The lowest BCUT2D eigenvalue weighted by molar-refractivity contribution is 0.848. The molecule has 0 aliphatic carbocycles. The SMILES string of the molecule is CC(C)c1ccc2nc(CC#N)n(C)c2c1. The van der Waals surface area contributed by atoms with Crippen LogP contribution >= 0.6 is 0 Å². The van der Waals surface area contributed by atoms with Crippen molar-refractivity contribution in [3.05, 3.63) is 29.6 Å². The third-order valence-corrected chi connectivity index (χ3v) is 2.90. The smallest absolute Gasteiger partial charge is 0.123 e. The van der Waals surface area contributed by atoms with Gasteiger partial charge in [0.05, 0.1) is 23.5 Å². The summed E-state index contributed by atoms with van der Waals surface area (Å²) in [5.74, 6) is 1.34. The maximum absolute atomic E-state index is 8.71. The first-order valence-corrected chi connectivity index (χ1v) is 5.45. The molecule has 2 rings (SSSR count). The Labute approximate surface area is 95.3 Å². The standard InChI is InChI=1S/C13H15N3/c1-9(2)10-4-5-11-12(8-10)16(3)13(15-11)6-7-14/h4-5,8-9H,6H2,1-3H3. The van der Waals surface area contributed by atoms with Crippen molar-refractivity contribution in [2.45, 2.75) is 26.2 Å². The van der Waals surface area contributed by atoms with Crippen LogP contribution in [0, 0.1) is 11.3 Å². The van der Waals surface area contributed by atoms with E-state index in [0.717, 1.165) is 16.9 Å². The van der Waals surface area contributed by atoms with Crippen molar-refractivity contribution in [2.24, 2.45) is 7.05 Å². The molecule has 0 N–H and O–H groups in total. The summed E-state index contributed by atoms with van der Waals surface area (Å²) in [7, 11) is 1.96. The van der Waals surface area contributed by atoms with E-state index in [1.165, 1.54) is 5.56 Å². The van der Waals surface area contributed by atoms with E-state index in [1.54, 1.807) is 0 Å². The van der Waals surface area contributed by atoms with Crippen molar-refractivity contribution in [3.8, 4) is 6.07 Å². The highest BCUT2D eigenvalue weighted by Crippen LogP contribution is 2.21. The third-order valence-electron chi connectivity index (χ3n) is 2.90. The maximum atomic E-state index is 8.71. The molecule has 0 amide bonds. The highest BCUT2D eigenvalue weighted by Gasteiger charge is 2.08. The van der Waals surface area contributed by atoms with Crippen LogP contribution in [0.15, 0.2) is 18.2 Å². The fraction of sp³-hybridized carbons (Fsp3) is 0.385. The number of nitrogens with zero attached hydrogens (tertiary/aromatic N) is 3. The van der Waals surface area contributed by atoms with E-state index in [0.29, 0.717) is 12.3 Å². The second-order valence-electron chi connectivity index (χ2n) is 4.32. The molecule has 0 atom stereocenters. The molecule has 3 nitrogen and oxygen atoms in total. The van der Waals surface area contributed by atoms with E-state index in [2.05, 4.69) is 37.0 Å². The molecular formula is C13H15N3. The molecule has 2 aromatic rings. The highest BCUT2D eigenvalue weighted by atomic mass is 15.1. The molecule has 1 aromatic heterocycles. The zero-order valence-corrected chi connectivity index (χ0v) is 9.86. The van der Waals surface area contributed by atoms with Crippen LogP contribution < -0.4 is 0 Å². The van der Waals surface area contributed by atoms with Gasteiger partial charge in [-0.1, -0.05) is 19.9 Å². The summed E-state index contributed by atoms with van der Waals surface area (Å²) in [6.45, 7) is 4.35. The van der Waals surface area contributed by atoms with Gasteiger partial charge in [0.25, 0.3) is 0 Å². The molecule has 16 heavy (non-hydrogen) atoms. The van der Waals surface area contributed by atoms with Gasteiger partial charge in [0.1, 0.15) is 5.82 Å². The van der Waals surface area contributed by atoms with Crippen molar-refractivity contribution in [1.82, 2.24) is 9.55 Å². The first-order valence-electron chi connectivity index (χ1n) is 5.45. The molecule has 0 aliphatic rings. The molecule has 1 aromatic carbocycles. The molecule has 0 aliphatic heterocycles. The summed E-state index contributed by atoms with van der Waals surface area (Å²) < 4.78 is 2.00. The van der Waals surface area contributed by atoms with Crippen LogP contribution in [0.4, 0.5) is 0 Å². The fourth-order valence-electron chi connectivity index (χ4n) is 1.84. The van der Waals surface area contributed by atoms with Gasteiger partial charge in [0.2, 0.25) is 0 Å². The number of fused-ring (bicyclic) bond motifs is 1. The molecule has 0 fully saturated rings. The normalized spacial score (nSPS) is 10.9. The minimum absolute atomic E-state index is 0.363. The van der Waals surface area contributed by atoms with Gasteiger partial charge >= 0.3 is 0 Å². The zero-order valence-electron chi connectivity index (χ0n) is 9.86. The summed E-state index contributed by atoms with van der Waals surface area (Å²) in [6.07, 6.45) is 0.363.